The molecule has 164 valence electrons. The van der Waals surface area contributed by atoms with Crippen LogP contribution in [0.4, 0.5) is 24.7 Å². The minimum Gasteiger partial charge on any atom is -0.368 e. The van der Waals surface area contributed by atoms with Gasteiger partial charge >= 0.3 is 6.18 Å². The van der Waals surface area contributed by atoms with Crippen molar-refractivity contribution in [3.05, 3.63) is 70.0 Å². The van der Waals surface area contributed by atoms with Gasteiger partial charge in [-0.05, 0) is 47.8 Å². The van der Waals surface area contributed by atoms with Gasteiger partial charge in [-0.25, -0.2) is 9.97 Å². The van der Waals surface area contributed by atoms with E-state index >= 15 is 0 Å². The number of piperazine rings is 1. The average molecular weight is 519 g/mol. The number of alkyl halides is 3. The second-order valence-corrected chi connectivity index (χ2v) is 9.40. The summed E-state index contributed by atoms with van der Waals surface area (Å²) in [4.78, 5) is 14.8. The lowest BCUT2D eigenvalue weighted by Gasteiger charge is -2.37. The Balaban J connectivity index is 1.44. The Morgan fingerprint density at radius 2 is 1.66 bits per heavy atom. The van der Waals surface area contributed by atoms with Gasteiger partial charge in [0.1, 0.15) is 5.82 Å². The standard InChI is InChI=1S/C23H18BrF3N4S/c24-16-6-7-19-18(14-16)22(29-21(28-19)20-5-2-12-32-20)31-10-8-30(9-11-31)17-4-1-3-15(13-17)23(25,26)27/h1-7,12-14H,8-11H2. The van der Waals surface area contributed by atoms with Gasteiger partial charge in [-0.2, -0.15) is 13.2 Å². The van der Waals surface area contributed by atoms with Crippen molar-refractivity contribution in [3.8, 4) is 10.7 Å². The van der Waals surface area contributed by atoms with Crippen LogP contribution < -0.4 is 9.80 Å². The summed E-state index contributed by atoms with van der Waals surface area (Å²) in [5, 5.41) is 2.95. The molecule has 3 heterocycles. The summed E-state index contributed by atoms with van der Waals surface area (Å²) >= 11 is 5.13. The van der Waals surface area contributed by atoms with Crippen molar-refractivity contribution >= 4 is 49.7 Å². The number of halogens is 4. The Bertz CT molecular complexity index is 1250. The van der Waals surface area contributed by atoms with Crippen LogP contribution in [-0.2, 0) is 6.18 Å². The van der Waals surface area contributed by atoms with E-state index in [1.54, 1.807) is 17.4 Å². The molecule has 5 rings (SSSR count). The monoisotopic (exact) mass is 518 g/mol. The maximum absolute atomic E-state index is 13.1. The Morgan fingerprint density at radius 3 is 2.38 bits per heavy atom. The summed E-state index contributed by atoms with van der Waals surface area (Å²) in [6.07, 6.45) is -4.34. The van der Waals surface area contributed by atoms with Gasteiger partial charge in [-0.3, -0.25) is 0 Å². The van der Waals surface area contributed by atoms with E-state index in [4.69, 9.17) is 9.97 Å². The second kappa shape index (κ2) is 8.37. The zero-order chi connectivity index (χ0) is 22.3. The molecule has 0 bridgehead atoms. The normalized spacial score (nSPS) is 14.9. The van der Waals surface area contributed by atoms with E-state index in [1.807, 2.05) is 40.6 Å². The van der Waals surface area contributed by atoms with Gasteiger partial charge in [-0.1, -0.05) is 28.1 Å². The van der Waals surface area contributed by atoms with E-state index in [0.29, 0.717) is 37.7 Å². The van der Waals surface area contributed by atoms with Crippen LogP contribution in [0.1, 0.15) is 5.56 Å². The molecule has 9 heteroatoms. The van der Waals surface area contributed by atoms with Crippen molar-refractivity contribution in [2.75, 3.05) is 36.0 Å². The fourth-order valence-corrected chi connectivity index (χ4v) is 4.92. The Hall–Kier alpha value is -2.65. The van der Waals surface area contributed by atoms with Crippen molar-refractivity contribution in [2.45, 2.75) is 6.18 Å². The first-order valence-electron chi connectivity index (χ1n) is 10.1. The molecule has 32 heavy (non-hydrogen) atoms. The molecule has 0 amide bonds. The van der Waals surface area contributed by atoms with Gasteiger partial charge in [0.25, 0.3) is 0 Å². The molecular formula is C23H18BrF3N4S. The van der Waals surface area contributed by atoms with Gasteiger partial charge in [-0.15, -0.1) is 11.3 Å². The number of fused-ring (bicyclic) bond motifs is 1. The zero-order valence-electron chi connectivity index (χ0n) is 16.8. The molecule has 1 aliphatic heterocycles. The van der Waals surface area contributed by atoms with Crippen LogP contribution in [-0.4, -0.2) is 36.1 Å². The number of anilines is 2. The topological polar surface area (TPSA) is 32.3 Å². The maximum Gasteiger partial charge on any atom is 0.416 e. The van der Waals surface area contributed by atoms with Crippen LogP contribution in [0, 0.1) is 0 Å². The Morgan fingerprint density at radius 1 is 0.875 bits per heavy atom. The van der Waals surface area contributed by atoms with Crippen LogP contribution in [0.15, 0.2) is 64.5 Å². The molecule has 4 aromatic rings. The van der Waals surface area contributed by atoms with Gasteiger partial charge in [0, 0.05) is 41.7 Å². The molecule has 0 N–H and O–H groups in total. The van der Waals surface area contributed by atoms with Crippen molar-refractivity contribution < 1.29 is 13.2 Å². The maximum atomic E-state index is 13.1. The first kappa shape index (κ1) is 21.2. The molecule has 2 aromatic carbocycles. The lowest BCUT2D eigenvalue weighted by molar-refractivity contribution is -0.137. The quantitative estimate of drug-likeness (QED) is 0.311. The Labute approximate surface area is 195 Å². The summed E-state index contributed by atoms with van der Waals surface area (Å²) in [6.45, 7) is 2.52. The van der Waals surface area contributed by atoms with E-state index in [-0.39, 0.29) is 0 Å². The number of hydrogen-bond donors (Lipinski definition) is 0. The predicted octanol–water partition coefficient (Wildman–Crippen LogP) is 6.47. The molecule has 0 saturated carbocycles. The summed E-state index contributed by atoms with van der Waals surface area (Å²) in [7, 11) is 0. The van der Waals surface area contributed by atoms with Crippen LogP contribution in [0.3, 0.4) is 0 Å². The third kappa shape index (κ3) is 4.19. The minimum absolute atomic E-state index is 0.592. The van der Waals surface area contributed by atoms with Crippen LogP contribution >= 0.6 is 27.3 Å². The molecule has 0 aliphatic carbocycles. The summed E-state index contributed by atoms with van der Waals surface area (Å²) < 4.78 is 40.3. The number of hydrogen-bond acceptors (Lipinski definition) is 5. The molecule has 0 spiro atoms. The van der Waals surface area contributed by atoms with E-state index in [0.717, 1.165) is 32.1 Å². The molecule has 0 unspecified atom stereocenters. The smallest absolute Gasteiger partial charge is 0.368 e. The number of nitrogens with zero attached hydrogens (tertiary/aromatic N) is 4. The van der Waals surface area contributed by atoms with E-state index in [9.17, 15) is 13.2 Å². The number of rotatable bonds is 3. The van der Waals surface area contributed by atoms with E-state index in [1.165, 1.54) is 12.1 Å². The van der Waals surface area contributed by atoms with Crippen molar-refractivity contribution in [2.24, 2.45) is 0 Å². The van der Waals surface area contributed by atoms with Crippen molar-refractivity contribution in [1.82, 2.24) is 9.97 Å². The zero-order valence-corrected chi connectivity index (χ0v) is 19.2. The van der Waals surface area contributed by atoms with Crippen molar-refractivity contribution in [1.29, 1.82) is 0 Å². The molecule has 0 atom stereocenters. The van der Waals surface area contributed by atoms with Gasteiger partial charge < -0.3 is 9.80 Å². The highest BCUT2D eigenvalue weighted by molar-refractivity contribution is 9.10. The highest BCUT2D eigenvalue weighted by atomic mass is 79.9. The van der Waals surface area contributed by atoms with Gasteiger partial charge in [0.05, 0.1) is 16.0 Å². The number of thiophene rings is 1. The molecule has 2 aromatic heterocycles. The lowest BCUT2D eigenvalue weighted by Crippen LogP contribution is -2.47. The molecule has 1 fully saturated rings. The largest absolute Gasteiger partial charge is 0.416 e. The van der Waals surface area contributed by atoms with Crippen LogP contribution in [0.2, 0.25) is 0 Å². The van der Waals surface area contributed by atoms with Gasteiger partial charge in [0.2, 0.25) is 0 Å². The highest BCUT2D eigenvalue weighted by Crippen LogP contribution is 2.34. The Kier molecular flexibility index (Phi) is 5.54. The third-order valence-electron chi connectivity index (χ3n) is 5.50. The van der Waals surface area contributed by atoms with Gasteiger partial charge in [0.15, 0.2) is 5.82 Å². The number of aromatic nitrogens is 2. The number of benzene rings is 2. The molecule has 0 radical (unpaired) electrons. The first-order valence-corrected chi connectivity index (χ1v) is 11.7. The lowest BCUT2D eigenvalue weighted by atomic mass is 10.1. The summed E-state index contributed by atoms with van der Waals surface area (Å²) in [5.41, 5.74) is 0.834. The van der Waals surface area contributed by atoms with Crippen LogP contribution in [0.25, 0.3) is 21.6 Å². The molecule has 1 saturated heterocycles. The van der Waals surface area contributed by atoms with E-state index in [2.05, 4.69) is 20.8 Å². The second-order valence-electron chi connectivity index (χ2n) is 7.53. The first-order chi connectivity index (χ1) is 15.4. The average Bonchev–Trinajstić information content (AvgIpc) is 3.33. The summed E-state index contributed by atoms with van der Waals surface area (Å²) in [6, 6.07) is 15.5. The fourth-order valence-electron chi connectivity index (χ4n) is 3.90. The molecular weight excluding hydrogens is 501 g/mol. The SMILES string of the molecule is FC(F)(F)c1cccc(N2CCN(c3nc(-c4cccs4)nc4ccc(Br)cc34)CC2)c1. The minimum atomic E-state index is -4.34. The van der Waals surface area contributed by atoms with E-state index < -0.39 is 11.7 Å². The van der Waals surface area contributed by atoms with Crippen LogP contribution in [0.5, 0.6) is 0 Å². The fraction of sp³-hybridized carbons (Fsp3) is 0.217. The highest BCUT2D eigenvalue weighted by Gasteiger charge is 2.31. The van der Waals surface area contributed by atoms with Crippen molar-refractivity contribution in [3.63, 3.8) is 0 Å². The molecule has 4 nitrogen and oxygen atoms in total. The summed E-state index contributed by atoms with van der Waals surface area (Å²) in [5.74, 6) is 1.54. The predicted molar refractivity (Wildman–Crippen MR) is 126 cm³/mol. The third-order valence-corrected chi connectivity index (χ3v) is 6.86. The molecule has 1 aliphatic rings.